The summed E-state index contributed by atoms with van der Waals surface area (Å²) in [5.74, 6) is -0.506. The van der Waals surface area contributed by atoms with Crippen molar-refractivity contribution in [3.05, 3.63) is 65.2 Å². The molecule has 2 aromatic rings. The van der Waals surface area contributed by atoms with Crippen LogP contribution in [0.5, 0.6) is 0 Å². The predicted octanol–water partition coefficient (Wildman–Crippen LogP) is 4.59. The lowest BCUT2D eigenvalue weighted by Gasteiger charge is -2.39. The van der Waals surface area contributed by atoms with E-state index in [1.165, 1.54) is 17.7 Å². The Morgan fingerprint density at radius 2 is 1.67 bits per heavy atom. The molecule has 24 heavy (non-hydrogen) atoms. The van der Waals surface area contributed by atoms with Crippen molar-refractivity contribution in [1.29, 1.82) is 0 Å². The molecule has 1 saturated heterocycles. The van der Waals surface area contributed by atoms with Crippen LogP contribution in [-0.4, -0.2) is 31.1 Å². The molecular formula is C19H21ClF2N2. The van der Waals surface area contributed by atoms with Crippen LogP contribution in [0, 0.1) is 11.6 Å². The molecule has 0 radical (unpaired) electrons. The molecular weight excluding hydrogens is 330 g/mol. The molecule has 0 bridgehead atoms. The zero-order valence-corrected chi connectivity index (χ0v) is 14.4. The fraction of sp³-hybridized carbons (Fsp3) is 0.368. The summed E-state index contributed by atoms with van der Waals surface area (Å²) in [7, 11) is 0. The highest BCUT2D eigenvalue weighted by Gasteiger charge is 2.23. The lowest BCUT2D eigenvalue weighted by atomic mass is 10.0. The Bertz CT molecular complexity index is 682. The minimum atomic E-state index is -0.538. The molecule has 1 heterocycles. The molecule has 0 N–H and O–H groups in total. The quantitative estimate of drug-likeness (QED) is 0.744. The molecule has 1 aliphatic rings. The van der Waals surface area contributed by atoms with E-state index < -0.39 is 11.6 Å². The Balaban J connectivity index is 1.63. The molecule has 5 heteroatoms. The number of rotatable bonds is 4. The molecule has 0 spiro atoms. The average molecular weight is 351 g/mol. The Kier molecular flexibility index (Phi) is 5.36. The van der Waals surface area contributed by atoms with Gasteiger partial charge in [0.25, 0.3) is 0 Å². The van der Waals surface area contributed by atoms with Crippen LogP contribution < -0.4 is 4.90 Å². The highest BCUT2D eigenvalue weighted by atomic mass is 35.5. The number of halogens is 3. The maximum Gasteiger partial charge on any atom is 0.149 e. The molecule has 0 aromatic heterocycles. The van der Waals surface area contributed by atoms with Crippen molar-refractivity contribution in [2.24, 2.45) is 0 Å². The molecule has 1 fully saturated rings. The second kappa shape index (κ2) is 7.49. The summed E-state index contributed by atoms with van der Waals surface area (Å²) in [5.41, 5.74) is 2.85. The third-order valence-electron chi connectivity index (χ3n) is 4.73. The van der Waals surface area contributed by atoms with Crippen LogP contribution in [0.1, 0.15) is 24.1 Å². The van der Waals surface area contributed by atoms with Crippen molar-refractivity contribution in [2.75, 3.05) is 31.1 Å². The summed E-state index contributed by atoms with van der Waals surface area (Å²) in [6.07, 6.45) is 0. The van der Waals surface area contributed by atoms with Crippen molar-refractivity contribution in [1.82, 2.24) is 4.90 Å². The fourth-order valence-electron chi connectivity index (χ4n) is 3.18. The summed E-state index contributed by atoms with van der Waals surface area (Å²) < 4.78 is 27.0. The van der Waals surface area contributed by atoms with Gasteiger partial charge in [-0.05, 0) is 30.2 Å². The number of hydrogen-bond acceptors (Lipinski definition) is 2. The van der Waals surface area contributed by atoms with Gasteiger partial charge in [-0.1, -0.05) is 24.3 Å². The summed E-state index contributed by atoms with van der Waals surface area (Å²) in [5, 5.41) is 0. The minimum absolute atomic E-state index is 0.301. The topological polar surface area (TPSA) is 6.48 Å². The molecule has 3 rings (SSSR count). The van der Waals surface area contributed by atoms with Crippen LogP contribution in [0.4, 0.5) is 14.5 Å². The highest BCUT2D eigenvalue weighted by molar-refractivity contribution is 6.17. The molecule has 0 amide bonds. The lowest BCUT2D eigenvalue weighted by molar-refractivity contribution is 0.198. The molecule has 0 unspecified atom stereocenters. The van der Waals surface area contributed by atoms with E-state index in [2.05, 4.69) is 36.1 Å². The predicted molar refractivity (Wildman–Crippen MR) is 94.6 cm³/mol. The first kappa shape index (κ1) is 17.2. The highest BCUT2D eigenvalue weighted by Crippen LogP contribution is 2.26. The first-order valence-corrected chi connectivity index (χ1v) is 8.71. The Morgan fingerprint density at radius 3 is 2.25 bits per heavy atom. The van der Waals surface area contributed by atoms with E-state index in [4.69, 9.17) is 11.6 Å². The van der Waals surface area contributed by atoms with Crippen molar-refractivity contribution in [3.63, 3.8) is 0 Å². The number of nitrogens with zero attached hydrogens (tertiary/aromatic N) is 2. The number of hydrogen-bond donors (Lipinski definition) is 0. The van der Waals surface area contributed by atoms with E-state index in [0.717, 1.165) is 37.8 Å². The van der Waals surface area contributed by atoms with E-state index >= 15 is 0 Å². The van der Waals surface area contributed by atoms with Gasteiger partial charge in [-0.2, -0.15) is 0 Å². The van der Waals surface area contributed by atoms with Crippen LogP contribution in [0.2, 0.25) is 0 Å². The molecule has 128 valence electrons. The van der Waals surface area contributed by atoms with Crippen molar-refractivity contribution in [3.8, 4) is 0 Å². The van der Waals surface area contributed by atoms with E-state index in [-0.39, 0.29) is 0 Å². The SMILES string of the molecule is C[C@H](c1ccc(CCl)cc1)N1CCN(c2ccc(F)cc2F)CC1. The normalized spacial score (nSPS) is 17.1. The first-order chi connectivity index (χ1) is 11.6. The third kappa shape index (κ3) is 3.70. The van der Waals surface area contributed by atoms with E-state index in [0.29, 0.717) is 17.6 Å². The van der Waals surface area contributed by atoms with Crippen molar-refractivity contribution in [2.45, 2.75) is 18.8 Å². The van der Waals surface area contributed by atoms with Gasteiger partial charge in [-0.25, -0.2) is 8.78 Å². The van der Waals surface area contributed by atoms with E-state index in [9.17, 15) is 8.78 Å². The summed E-state index contributed by atoms with van der Waals surface area (Å²) in [4.78, 5) is 4.36. The summed E-state index contributed by atoms with van der Waals surface area (Å²) in [6.45, 7) is 5.33. The lowest BCUT2D eigenvalue weighted by Crippen LogP contribution is -2.47. The average Bonchev–Trinajstić information content (AvgIpc) is 2.61. The third-order valence-corrected chi connectivity index (χ3v) is 5.04. The van der Waals surface area contributed by atoms with Gasteiger partial charge in [0, 0.05) is 44.2 Å². The van der Waals surface area contributed by atoms with E-state index in [1.807, 2.05) is 4.90 Å². The van der Waals surface area contributed by atoms with Gasteiger partial charge in [0.15, 0.2) is 0 Å². The molecule has 2 nitrogen and oxygen atoms in total. The second-order valence-electron chi connectivity index (χ2n) is 6.17. The first-order valence-electron chi connectivity index (χ1n) is 8.17. The maximum atomic E-state index is 13.9. The van der Waals surface area contributed by atoms with Gasteiger partial charge < -0.3 is 4.90 Å². The van der Waals surface area contributed by atoms with Gasteiger partial charge in [0.2, 0.25) is 0 Å². The van der Waals surface area contributed by atoms with Crippen molar-refractivity contribution >= 4 is 17.3 Å². The van der Waals surface area contributed by atoms with Gasteiger partial charge in [-0.3, -0.25) is 4.90 Å². The Hall–Kier alpha value is -1.65. The zero-order chi connectivity index (χ0) is 17.1. The Labute approximate surface area is 146 Å². The van der Waals surface area contributed by atoms with Crippen LogP contribution in [0.3, 0.4) is 0 Å². The summed E-state index contributed by atoms with van der Waals surface area (Å²) in [6, 6.07) is 12.4. The largest absolute Gasteiger partial charge is 0.367 e. The number of piperazine rings is 1. The van der Waals surface area contributed by atoms with Gasteiger partial charge in [0.1, 0.15) is 11.6 Å². The molecule has 2 aromatic carbocycles. The van der Waals surface area contributed by atoms with Crippen LogP contribution in [0.25, 0.3) is 0 Å². The van der Waals surface area contributed by atoms with Crippen molar-refractivity contribution < 1.29 is 8.78 Å². The number of alkyl halides is 1. The summed E-state index contributed by atoms with van der Waals surface area (Å²) >= 11 is 5.83. The zero-order valence-electron chi connectivity index (χ0n) is 13.7. The van der Waals surface area contributed by atoms with Crippen LogP contribution >= 0.6 is 11.6 Å². The Morgan fingerprint density at radius 1 is 1.00 bits per heavy atom. The molecule has 0 saturated carbocycles. The smallest absolute Gasteiger partial charge is 0.149 e. The van der Waals surface area contributed by atoms with Gasteiger partial charge in [-0.15, -0.1) is 11.6 Å². The number of anilines is 1. The fourth-order valence-corrected chi connectivity index (χ4v) is 3.36. The molecule has 0 aliphatic carbocycles. The van der Waals surface area contributed by atoms with Gasteiger partial charge >= 0.3 is 0 Å². The monoisotopic (exact) mass is 350 g/mol. The minimum Gasteiger partial charge on any atom is -0.367 e. The van der Waals surface area contributed by atoms with Gasteiger partial charge in [0.05, 0.1) is 5.69 Å². The molecule has 1 aliphatic heterocycles. The number of benzene rings is 2. The van der Waals surface area contributed by atoms with Crippen LogP contribution in [-0.2, 0) is 5.88 Å². The maximum absolute atomic E-state index is 13.9. The standard InChI is InChI=1S/C19H21ClF2N2/c1-14(16-4-2-15(13-20)3-5-16)23-8-10-24(11-9-23)19-7-6-17(21)12-18(19)22/h2-7,12,14H,8-11,13H2,1H3/t14-/m1/s1. The van der Waals surface area contributed by atoms with Crippen LogP contribution in [0.15, 0.2) is 42.5 Å². The second-order valence-corrected chi connectivity index (χ2v) is 6.44. The van der Waals surface area contributed by atoms with E-state index in [1.54, 1.807) is 0 Å². The molecule has 1 atom stereocenters.